The van der Waals surface area contributed by atoms with Gasteiger partial charge < -0.3 is 4.90 Å². The number of likely N-dealkylation sites (tertiary alicyclic amines) is 1. The fourth-order valence-corrected chi connectivity index (χ4v) is 2.08. The normalized spacial score (nSPS) is 22.5. The van der Waals surface area contributed by atoms with E-state index >= 15 is 0 Å². The maximum atomic E-state index is 4.12. The van der Waals surface area contributed by atoms with E-state index < -0.39 is 0 Å². The van der Waals surface area contributed by atoms with E-state index in [9.17, 15) is 0 Å². The molecule has 0 radical (unpaired) electrons. The molecule has 1 aromatic rings. The molecule has 0 N–H and O–H groups in total. The minimum absolute atomic E-state index is 0.158. The lowest BCUT2D eigenvalue weighted by atomic mass is 9.80. The first-order chi connectivity index (χ1) is 6.62. The first kappa shape index (κ1) is 9.58. The molecule has 1 aromatic heterocycles. The second-order valence-corrected chi connectivity index (χ2v) is 4.49. The Bertz CT molecular complexity index is 311. The molecule has 5 heteroatoms. The molecule has 14 heavy (non-hydrogen) atoms. The highest BCUT2D eigenvalue weighted by atomic mass is 15.5. The van der Waals surface area contributed by atoms with Gasteiger partial charge >= 0.3 is 0 Å². The van der Waals surface area contributed by atoms with Crippen molar-refractivity contribution in [2.45, 2.75) is 25.2 Å². The number of piperidine rings is 1. The van der Waals surface area contributed by atoms with Gasteiger partial charge in [0.05, 0.1) is 0 Å². The van der Waals surface area contributed by atoms with Crippen molar-refractivity contribution in [3.63, 3.8) is 0 Å². The molecule has 0 bridgehead atoms. The first-order valence-electron chi connectivity index (χ1n) is 5.03. The van der Waals surface area contributed by atoms with E-state index in [1.165, 1.54) is 0 Å². The smallest absolute Gasteiger partial charge is 0.156 e. The van der Waals surface area contributed by atoms with Crippen LogP contribution in [0.15, 0.2) is 0 Å². The van der Waals surface area contributed by atoms with Crippen LogP contribution in [0.25, 0.3) is 0 Å². The van der Waals surface area contributed by atoms with Crippen LogP contribution in [0.2, 0.25) is 0 Å². The van der Waals surface area contributed by atoms with E-state index in [1.807, 2.05) is 7.05 Å². The maximum absolute atomic E-state index is 4.12. The van der Waals surface area contributed by atoms with Crippen LogP contribution in [0.4, 0.5) is 0 Å². The zero-order chi connectivity index (χ0) is 10.2. The molecule has 0 spiro atoms. The van der Waals surface area contributed by atoms with E-state index in [-0.39, 0.29) is 5.41 Å². The van der Waals surface area contributed by atoms with Gasteiger partial charge in [-0.1, -0.05) is 6.92 Å². The zero-order valence-electron chi connectivity index (χ0n) is 9.06. The Labute approximate surface area is 84.1 Å². The number of hydrogen-bond acceptors (Lipinski definition) is 4. The first-order valence-corrected chi connectivity index (χ1v) is 5.03. The van der Waals surface area contributed by atoms with E-state index in [2.05, 4.69) is 34.4 Å². The summed E-state index contributed by atoms with van der Waals surface area (Å²) in [6.07, 6.45) is 2.27. The fraction of sp³-hybridized carbons (Fsp3) is 0.889. The molecule has 2 rings (SSSR count). The van der Waals surface area contributed by atoms with Gasteiger partial charge in [-0.25, -0.2) is 4.68 Å². The third kappa shape index (κ3) is 1.52. The van der Waals surface area contributed by atoms with Crippen LogP contribution >= 0.6 is 0 Å². The summed E-state index contributed by atoms with van der Waals surface area (Å²) < 4.78 is 1.80. The average Bonchev–Trinajstić information content (AvgIpc) is 2.58. The Morgan fingerprint density at radius 3 is 2.36 bits per heavy atom. The van der Waals surface area contributed by atoms with Crippen molar-refractivity contribution in [1.82, 2.24) is 25.1 Å². The van der Waals surface area contributed by atoms with Gasteiger partial charge in [0.2, 0.25) is 0 Å². The lowest BCUT2D eigenvalue weighted by molar-refractivity contribution is 0.189. The van der Waals surface area contributed by atoms with Crippen LogP contribution in [-0.4, -0.2) is 45.2 Å². The van der Waals surface area contributed by atoms with Crippen LogP contribution < -0.4 is 0 Å². The molecule has 0 aliphatic carbocycles. The molecule has 1 aliphatic heterocycles. The van der Waals surface area contributed by atoms with E-state index in [0.717, 1.165) is 31.8 Å². The average molecular weight is 195 g/mol. The molecule has 1 aliphatic rings. The molecular weight excluding hydrogens is 178 g/mol. The van der Waals surface area contributed by atoms with Gasteiger partial charge in [-0.2, -0.15) is 0 Å². The minimum Gasteiger partial charge on any atom is -0.306 e. The number of tetrazole rings is 1. The van der Waals surface area contributed by atoms with Gasteiger partial charge in [0, 0.05) is 12.5 Å². The second-order valence-electron chi connectivity index (χ2n) is 4.49. The second kappa shape index (κ2) is 3.31. The van der Waals surface area contributed by atoms with Crippen LogP contribution in [0.1, 0.15) is 25.6 Å². The molecule has 0 atom stereocenters. The highest BCUT2D eigenvalue weighted by Gasteiger charge is 2.34. The molecule has 1 fully saturated rings. The number of hydrogen-bond donors (Lipinski definition) is 0. The summed E-state index contributed by atoms with van der Waals surface area (Å²) in [7, 11) is 4.08. The Hall–Kier alpha value is -0.970. The van der Waals surface area contributed by atoms with Crippen LogP contribution in [0.3, 0.4) is 0 Å². The molecular formula is C9H17N5. The highest BCUT2D eigenvalue weighted by molar-refractivity contribution is 5.06. The van der Waals surface area contributed by atoms with Crippen molar-refractivity contribution in [3.8, 4) is 0 Å². The molecule has 0 saturated carbocycles. The molecule has 0 aromatic carbocycles. The van der Waals surface area contributed by atoms with Crippen molar-refractivity contribution < 1.29 is 0 Å². The Kier molecular flexibility index (Phi) is 2.26. The summed E-state index contributed by atoms with van der Waals surface area (Å²) in [5, 5.41) is 11.7. The van der Waals surface area contributed by atoms with Gasteiger partial charge in [0.25, 0.3) is 0 Å². The van der Waals surface area contributed by atoms with E-state index in [4.69, 9.17) is 0 Å². The molecule has 78 valence electrons. The molecule has 5 nitrogen and oxygen atoms in total. The minimum atomic E-state index is 0.158. The quantitative estimate of drug-likeness (QED) is 0.642. The zero-order valence-corrected chi connectivity index (χ0v) is 9.06. The van der Waals surface area contributed by atoms with Crippen LogP contribution in [-0.2, 0) is 12.5 Å². The number of aromatic nitrogens is 4. The summed E-state index contributed by atoms with van der Waals surface area (Å²) in [5.74, 6) is 1.02. The van der Waals surface area contributed by atoms with Crippen LogP contribution in [0.5, 0.6) is 0 Å². The lowest BCUT2D eigenvalue weighted by Gasteiger charge is -2.36. The molecule has 0 unspecified atom stereocenters. The van der Waals surface area contributed by atoms with Crippen molar-refractivity contribution in [3.05, 3.63) is 5.82 Å². The van der Waals surface area contributed by atoms with Gasteiger partial charge in [-0.05, 0) is 43.4 Å². The predicted octanol–water partition coefficient (Wildman–Crippen LogP) is 0.193. The standard InChI is InChI=1S/C9H17N5/c1-9(4-6-13(2)7-5-9)8-10-11-12-14(8)3/h4-7H2,1-3H3. The van der Waals surface area contributed by atoms with E-state index in [1.54, 1.807) is 4.68 Å². The van der Waals surface area contributed by atoms with Gasteiger partial charge in [0.15, 0.2) is 5.82 Å². The number of aryl methyl sites for hydroxylation is 1. The molecule has 0 amide bonds. The van der Waals surface area contributed by atoms with Crippen molar-refractivity contribution in [2.24, 2.45) is 7.05 Å². The summed E-state index contributed by atoms with van der Waals surface area (Å²) in [6.45, 7) is 4.51. The highest BCUT2D eigenvalue weighted by Crippen LogP contribution is 2.32. The monoisotopic (exact) mass is 195 g/mol. The molecule has 2 heterocycles. The third-order valence-electron chi connectivity index (χ3n) is 3.25. The van der Waals surface area contributed by atoms with Crippen LogP contribution in [0, 0.1) is 0 Å². The fourth-order valence-electron chi connectivity index (χ4n) is 2.08. The Morgan fingerprint density at radius 2 is 1.86 bits per heavy atom. The third-order valence-corrected chi connectivity index (χ3v) is 3.25. The summed E-state index contributed by atoms with van der Waals surface area (Å²) >= 11 is 0. The van der Waals surface area contributed by atoms with Crippen molar-refractivity contribution >= 4 is 0 Å². The summed E-state index contributed by atoms with van der Waals surface area (Å²) in [6, 6.07) is 0. The van der Waals surface area contributed by atoms with Crippen molar-refractivity contribution in [1.29, 1.82) is 0 Å². The summed E-state index contributed by atoms with van der Waals surface area (Å²) in [4.78, 5) is 2.35. The number of nitrogens with zero attached hydrogens (tertiary/aromatic N) is 5. The Morgan fingerprint density at radius 1 is 1.21 bits per heavy atom. The molecule has 1 saturated heterocycles. The van der Waals surface area contributed by atoms with Crippen molar-refractivity contribution in [2.75, 3.05) is 20.1 Å². The maximum Gasteiger partial charge on any atom is 0.156 e. The summed E-state index contributed by atoms with van der Waals surface area (Å²) in [5.41, 5.74) is 0.158. The Balaban J connectivity index is 2.21. The lowest BCUT2D eigenvalue weighted by Crippen LogP contribution is -2.40. The SMILES string of the molecule is CN1CCC(C)(c2nnnn2C)CC1. The number of rotatable bonds is 1. The predicted molar refractivity (Wildman–Crippen MR) is 52.9 cm³/mol. The van der Waals surface area contributed by atoms with E-state index in [0.29, 0.717) is 0 Å². The van der Waals surface area contributed by atoms with Gasteiger partial charge in [-0.3, -0.25) is 0 Å². The van der Waals surface area contributed by atoms with Gasteiger partial charge in [-0.15, -0.1) is 5.10 Å². The largest absolute Gasteiger partial charge is 0.306 e. The van der Waals surface area contributed by atoms with Gasteiger partial charge in [0.1, 0.15) is 0 Å². The topological polar surface area (TPSA) is 46.8 Å².